The van der Waals surface area contributed by atoms with Crippen molar-refractivity contribution in [2.75, 3.05) is 0 Å². The lowest BCUT2D eigenvalue weighted by Gasteiger charge is -2.28. The number of aliphatic carboxylic acids is 1. The highest BCUT2D eigenvalue weighted by Gasteiger charge is 2.37. The summed E-state index contributed by atoms with van der Waals surface area (Å²) >= 11 is 0. The van der Waals surface area contributed by atoms with E-state index in [4.69, 9.17) is 5.11 Å². The van der Waals surface area contributed by atoms with Gasteiger partial charge >= 0.3 is 5.97 Å². The monoisotopic (exact) mass is 275 g/mol. The molecule has 108 valence electrons. The van der Waals surface area contributed by atoms with E-state index in [9.17, 15) is 9.59 Å². The topological polar surface area (TPSA) is 66.4 Å². The quantitative estimate of drug-likeness (QED) is 0.867. The van der Waals surface area contributed by atoms with Gasteiger partial charge in [0.25, 0.3) is 0 Å². The van der Waals surface area contributed by atoms with Gasteiger partial charge in [0.2, 0.25) is 5.91 Å². The molecule has 0 aliphatic heterocycles. The van der Waals surface area contributed by atoms with Crippen molar-refractivity contribution in [2.24, 2.45) is 0 Å². The molecule has 1 aromatic rings. The van der Waals surface area contributed by atoms with Gasteiger partial charge < -0.3 is 10.4 Å². The molecule has 0 saturated heterocycles. The second-order valence-electron chi connectivity index (χ2n) is 5.77. The van der Waals surface area contributed by atoms with Crippen LogP contribution >= 0.6 is 0 Å². The molecule has 1 amide bonds. The number of carbonyl (C=O) groups excluding carboxylic acids is 1. The lowest BCUT2D eigenvalue weighted by atomic mass is 9.92. The summed E-state index contributed by atoms with van der Waals surface area (Å²) in [7, 11) is 0. The number of hydrogen-bond donors (Lipinski definition) is 2. The van der Waals surface area contributed by atoms with Crippen LogP contribution in [0.5, 0.6) is 0 Å². The van der Waals surface area contributed by atoms with Gasteiger partial charge in [0.1, 0.15) is 0 Å². The number of carboxylic acid groups (broad SMARTS) is 1. The summed E-state index contributed by atoms with van der Waals surface area (Å²) in [6.07, 6.45) is 3.82. The van der Waals surface area contributed by atoms with Crippen molar-refractivity contribution in [1.29, 1.82) is 0 Å². The zero-order valence-electron chi connectivity index (χ0n) is 11.8. The van der Waals surface area contributed by atoms with Crippen LogP contribution in [0, 0.1) is 6.92 Å². The van der Waals surface area contributed by atoms with Gasteiger partial charge in [0, 0.05) is 0 Å². The minimum atomic E-state index is -0.845. The predicted octanol–water partition coefficient (Wildman–Crippen LogP) is 2.44. The number of hydrogen-bond acceptors (Lipinski definition) is 2. The van der Waals surface area contributed by atoms with E-state index in [0.29, 0.717) is 6.42 Å². The Hall–Kier alpha value is -1.84. The van der Waals surface area contributed by atoms with Crippen molar-refractivity contribution >= 4 is 11.9 Å². The fraction of sp³-hybridized carbons (Fsp3) is 0.500. The fourth-order valence-electron chi connectivity index (χ4n) is 3.03. The van der Waals surface area contributed by atoms with Crippen LogP contribution < -0.4 is 5.32 Å². The van der Waals surface area contributed by atoms with Crippen molar-refractivity contribution in [3.8, 4) is 0 Å². The molecule has 0 atom stereocenters. The first kappa shape index (κ1) is 14.6. The molecule has 1 aromatic carbocycles. The van der Waals surface area contributed by atoms with E-state index in [2.05, 4.69) is 5.32 Å². The van der Waals surface area contributed by atoms with Crippen LogP contribution in [0.15, 0.2) is 24.3 Å². The lowest BCUT2D eigenvalue weighted by molar-refractivity contribution is -0.139. The van der Waals surface area contributed by atoms with Crippen LogP contribution in [0.3, 0.4) is 0 Å². The summed E-state index contributed by atoms with van der Waals surface area (Å²) in [4.78, 5) is 23.2. The van der Waals surface area contributed by atoms with E-state index in [-0.39, 0.29) is 12.3 Å². The average molecular weight is 275 g/mol. The molecule has 1 aliphatic rings. The predicted molar refractivity (Wildman–Crippen MR) is 76.5 cm³/mol. The third-order valence-corrected chi connectivity index (χ3v) is 3.90. The van der Waals surface area contributed by atoms with Crippen molar-refractivity contribution < 1.29 is 14.7 Å². The molecule has 0 spiro atoms. The van der Waals surface area contributed by atoms with Gasteiger partial charge in [0.05, 0.1) is 18.4 Å². The van der Waals surface area contributed by atoms with Crippen LogP contribution in [0.4, 0.5) is 0 Å². The summed E-state index contributed by atoms with van der Waals surface area (Å²) in [6, 6.07) is 7.83. The number of amides is 1. The van der Waals surface area contributed by atoms with Crippen LogP contribution in [0.1, 0.15) is 43.2 Å². The maximum atomic E-state index is 12.2. The highest BCUT2D eigenvalue weighted by atomic mass is 16.4. The second-order valence-corrected chi connectivity index (χ2v) is 5.77. The Morgan fingerprint density at radius 1 is 1.30 bits per heavy atom. The summed E-state index contributed by atoms with van der Waals surface area (Å²) < 4.78 is 0. The Morgan fingerprint density at radius 2 is 2.00 bits per heavy atom. The molecule has 0 radical (unpaired) electrons. The van der Waals surface area contributed by atoms with Crippen molar-refractivity contribution in [3.05, 3.63) is 35.4 Å². The van der Waals surface area contributed by atoms with Gasteiger partial charge in [-0.2, -0.15) is 0 Å². The van der Waals surface area contributed by atoms with Gasteiger partial charge in [-0.15, -0.1) is 0 Å². The standard InChI is InChI=1S/C16H21NO3/c1-12-5-4-6-13(9-12)10-14(18)17-16(11-15(19)20)7-2-3-8-16/h4-6,9H,2-3,7-8,10-11H2,1H3,(H,17,18)(H,19,20). The first-order chi connectivity index (χ1) is 9.49. The van der Waals surface area contributed by atoms with Crippen molar-refractivity contribution in [2.45, 2.75) is 51.0 Å². The van der Waals surface area contributed by atoms with Gasteiger partial charge in [-0.3, -0.25) is 9.59 Å². The maximum absolute atomic E-state index is 12.2. The van der Waals surface area contributed by atoms with E-state index in [1.54, 1.807) is 0 Å². The molecule has 2 N–H and O–H groups in total. The molecule has 2 rings (SSSR count). The number of nitrogens with one attached hydrogen (secondary N) is 1. The minimum absolute atomic E-state index is 0.0204. The molecule has 20 heavy (non-hydrogen) atoms. The van der Waals surface area contributed by atoms with E-state index in [1.165, 1.54) is 0 Å². The molecule has 0 unspecified atom stereocenters. The Bertz CT molecular complexity index is 504. The SMILES string of the molecule is Cc1cccc(CC(=O)NC2(CC(=O)O)CCCC2)c1. The van der Waals surface area contributed by atoms with E-state index >= 15 is 0 Å². The third-order valence-electron chi connectivity index (χ3n) is 3.90. The number of carboxylic acids is 1. The molecule has 1 saturated carbocycles. The lowest BCUT2D eigenvalue weighted by Crippen LogP contribution is -2.48. The Morgan fingerprint density at radius 3 is 2.60 bits per heavy atom. The summed E-state index contributed by atoms with van der Waals surface area (Å²) in [5, 5.41) is 12.0. The van der Waals surface area contributed by atoms with E-state index in [0.717, 1.165) is 36.8 Å². The fourth-order valence-corrected chi connectivity index (χ4v) is 3.03. The first-order valence-electron chi connectivity index (χ1n) is 7.07. The van der Waals surface area contributed by atoms with Crippen LogP contribution in [-0.2, 0) is 16.0 Å². The molecular weight excluding hydrogens is 254 g/mol. The van der Waals surface area contributed by atoms with Gasteiger partial charge in [-0.1, -0.05) is 42.7 Å². The first-order valence-corrected chi connectivity index (χ1v) is 7.07. The minimum Gasteiger partial charge on any atom is -0.481 e. The average Bonchev–Trinajstić information content (AvgIpc) is 2.75. The van der Waals surface area contributed by atoms with Gasteiger partial charge in [-0.25, -0.2) is 0 Å². The van der Waals surface area contributed by atoms with Crippen molar-refractivity contribution in [3.63, 3.8) is 0 Å². The molecule has 0 bridgehead atoms. The highest BCUT2D eigenvalue weighted by Crippen LogP contribution is 2.32. The summed E-state index contributed by atoms with van der Waals surface area (Å²) in [5.74, 6) is -0.929. The zero-order chi connectivity index (χ0) is 14.6. The number of carbonyl (C=O) groups is 2. The molecule has 4 nitrogen and oxygen atoms in total. The van der Waals surface area contributed by atoms with E-state index < -0.39 is 11.5 Å². The van der Waals surface area contributed by atoms with Crippen LogP contribution in [-0.4, -0.2) is 22.5 Å². The highest BCUT2D eigenvalue weighted by molar-refractivity contribution is 5.80. The molecule has 1 aliphatic carbocycles. The largest absolute Gasteiger partial charge is 0.481 e. The Kier molecular flexibility index (Phi) is 4.42. The Labute approximate surface area is 119 Å². The number of benzene rings is 1. The van der Waals surface area contributed by atoms with E-state index in [1.807, 2.05) is 31.2 Å². The zero-order valence-corrected chi connectivity index (χ0v) is 11.8. The molecule has 4 heteroatoms. The summed E-state index contributed by atoms with van der Waals surface area (Å²) in [5.41, 5.74) is 1.55. The molecular formula is C16H21NO3. The van der Waals surface area contributed by atoms with Crippen LogP contribution in [0.2, 0.25) is 0 Å². The Balaban J connectivity index is 2.00. The van der Waals surface area contributed by atoms with Gasteiger partial charge in [-0.05, 0) is 25.3 Å². The number of aryl methyl sites for hydroxylation is 1. The second kappa shape index (κ2) is 6.07. The number of rotatable bonds is 5. The van der Waals surface area contributed by atoms with Gasteiger partial charge in [0.15, 0.2) is 0 Å². The summed E-state index contributed by atoms with van der Waals surface area (Å²) in [6.45, 7) is 1.99. The van der Waals surface area contributed by atoms with Crippen molar-refractivity contribution in [1.82, 2.24) is 5.32 Å². The molecule has 1 fully saturated rings. The molecule has 0 heterocycles. The third kappa shape index (κ3) is 3.83. The van der Waals surface area contributed by atoms with Crippen LogP contribution in [0.25, 0.3) is 0 Å². The normalized spacial score (nSPS) is 16.9. The smallest absolute Gasteiger partial charge is 0.305 e. The molecule has 0 aromatic heterocycles. The maximum Gasteiger partial charge on any atom is 0.305 e.